The molecule has 1 atom stereocenters. The van der Waals surface area contributed by atoms with Crippen LogP contribution in [0.1, 0.15) is 37.4 Å². The van der Waals surface area contributed by atoms with Crippen LogP contribution >= 0.6 is 35.6 Å². The molecular formula is C20H25ClIN3O. The quantitative estimate of drug-likeness (QED) is 0.376. The summed E-state index contributed by atoms with van der Waals surface area (Å²) in [5.41, 5.74) is 8.34. The van der Waals surface area contributed by atoms with Crippen LogP contribution < -0.4 is 15.8 Å². The summed E-state index contributed by atoms with van der Waals surface area (Å²) in [6.45, 7) is 5.57. The lowest BCUT2D eigenvalue weighted by atomic mass is 9.85. The second kappa shape index (κ2) is 8.95. The Labute approximate surface area is 177 Å². The molecule has 3 rings (SSSR count). The van der Waals surface area contributed by atoms with Crippen molar-refractivity contribution < 1.29 is 4.74 Å². The van der Waals surface area contributed by atoms with Crippen molar-refractivity contribution in [1.82, 2.24) is 5.32 Å². The van der Waals surface area contributed by atoms with Crippen LogP contribution in [0.25, 0.3) is 0 Å². The zero-order valence-corrected chi connectivity index (χ0v) is 18.1. The molecule has 1 aliphatic rings. The number of nitrogens with zero attached hydrogens (tertiary/aromatic N) is 1. The number of nitrogens with two attached hydrogens (primary N) is 1. The average Bonchev–Trinajstić information content (AvgIpc) is 2.61. The van der Waals surface area contributed by atoms with Gasteiger partial charge in [0, 0.05) is 22.4 Å². The lowest BCUT2D eigenvalue weighted by Crippen LogP contribution is -2.38. The van der Waals surface area contributed by atoms with Crippen LogP contribution in [0, 0.1) is 0 Å². The van der Waals surface area contributed by atoms with Gasteiger partial charge in [0.15, 0.2) is 5.96 Å². The van der Waals surface area contributed by atoms with Gasteiger partial charge in [0.2, 0.25) is 0 Å². The number of hydrogen-bond acceptors (Lipinski definition) is 2. The van der Waals surface area contributed by atoms with Crippen molar-refractivity contribution in [1.29, 1.82) is 0 Å². The van der Waals surface area contributed by atoms with E-state index in [1.807, 2.05) is 42.5 Å². The molecule has 0 aliphatic carbocycles. The molecule has 0 amide bonds. The second-order valence-corrected chi connectivity index (χ2v) is 7.40. The monoisotopic (exact) mass is 485 g/mol. The van der Waals surface area contributed by atoms with Gasteiger partial charge in [0.1, 0.15) is 5.75 Å². The van der Waals surface area contributed by atoms with Crippen molar-refractivity contribution in [3.05, 3.63) is 64.7 Å². The Morgan fingerprint density at radius 3 is 2.65 bits per heavy atom. The summed E-state index contributed by atoms with van der Waals surface area (Å²) in [6.07, 6.45) is 0.869. The summed E-state index contributed by atoms with van der Waals surface area (Å²) in [7, 11) is 0. The van der Waals surface area contributed by atoms with Crippen LogP contribution in [0.3, 0.4) is 0 Å². The smallest absolute Gasteiger partial charge is 0.189 e. The van der Waals surface area contributed by atoms with Gasteiger partial charge in [0.05, 0.1) is 19.2 Å². The molecule has 6 heteroatoms. The highest BCUT2D eigenvalue weighted by Gasteiger charge is 2.23. The van der Waals surface area contributed by atoms with Crippen molar-refractivity contribution in [2.24, 2.45) is 10.7 Å². The Morgan fingerprint density at radius 1 is 1.23 bits per heavy atom. The third-order valence-corrected chi connectivity index (χ3v) is 4.80. The molecule has 1 aliphatic heterocycles. The molecule has 1 heterocycles. The third-order valence-electron chi connectivity index (χ3n) is 4.55. The van der Waals surface area contributed by atoms with E-state index in [0.29, 0.717) is 19.1 Å². The van der Waals surface area contributed by atoms with Crippen molar-refractivity contribution in [3.63, 3.8) is 0 Å². The first-order valence-corrected chi connectivity index (χ1v) is 8.88. The van der Waals surface area contributed by atoms with Gasteiger partial charge < -0.3 is 15.8 Å². The molecule has 0 saturated carbocycles. The molecule has 2 aromatic carbocycles. The third kappa shape index (κ3) is 5.04. The van der Waals surface area contributed by atoms with E-state index in [2.05, 4.69) is 30.2 Å². The lowest BCUT2D eigenvalue weighted by Gasteiger charge is -2.28. The summed E-state index contributed by atoms with van der Waals surface area (Å²) < 4.78 is 5.69. The maximum atomic E-state index is 6.15. The van der Waals surface area contributed by atoms with Gasteiger partial charge in [-0.2, -0.15) is 0 Å². The standard InChI is InChI=1S/C20H24ClN3O.HI/c1-20(2,14-7-9-15(21)10-8-14)13-23-19(22)24-17-11-12-25-18-6-4-3-5-16(17)18;/h3-10,17H,11-13H2,1-2H3,(H3,22,23,24);1H. The van der Waals surface area contributed by atoms with E-state index in [-0.39, 0.29) is 35.4 Å². The zero-order valence-electron chi connectivity index (χ0n) is 15.0. The van der Waals surface area contributed by atoms with Crippen molar-refractivity contribution >= 4 is 41.5 Å². The van der Waals surface area contributed by atoms with Crippen molar-refractivity contribution in [2.75, 3.05) is 13.2 Å². The first-order valence-electron chi connectivity index (χ1n) is 8.50. The minimum absolute atomic E-state index is 0. The van der Waals surface area contributed by atoms with E-state index in [0.717, 1.165) is 22.8 Å². The van der Waals surface area contributed by atoms with Crippen LogP contribution in [-0.2, 0) is 5.41 Å². The molecule has 0 saturated heterocycles. The first-order chi connectivity index (χ1) is 12.0. The van der Waals surface area contributed by atoms with E-state index in [1.165, 1.54) is 5.56 Å². The largest absolute Gasteiger partial charge is 0.493 e. The Morgan fingerprint density at radius 2 is 1.92 bits per heavy atom. The lowest BCUT2D eigenvalue weighted by molar-refractivity contribution is 0.262. The van der Waals surface area contributed by atoms with Gasteiger partial charge in [0.25, 0.3) is 0 Å². The molecule has 3 N–H and O–H groups in total. The number of halogens is 2. The average molecular weight is 486 g/mol. The fourth-order valence-corrected chi connectivity index (χ4v) is 3.12. The summed E-state index contributed by atoms with van der Waals surface area (Å²) >= 11 is 5.97. The maximum absolute atomic E-state index is 6.15. The maximum Gasteiger partial charge on any atom is 0.189 e. The topological polar surface area (TPSA) is 59.6 Å². The molecule has 0 spiro atoms. The fraction of sp³-hybridized carbons (Fsp3) is 0.350. The van der Waals surface area contributed by atoms with Crippen LogP contribution in [0.2, 0.25) is 5.02 Å². The number of aliphatic imine (C=N–C) groups is 1. The molecule has 2 aromatic rings. The molecule has 4 nitrogen and oxygen atoms in total. The number of nitrogens with one attached hydrogen (secondary N) is 1. The molecule has 0 radical (unpaired) electrons. The molecule has 0 bridgehead atoms. The van der Waals surface area contributed by atoms with Gasteiger partial charge in [-0.05, 0) is 23.8 Å². The summed E-state index contributed by atoms with van der Waals surface area (Å²) in [5, 5.41) is 4.07. The van der Waals surface area contributed by atoms with Crippen LogP contribution in [0.4, 0.5) is 0 Å². The first kappa shape index (κ1) is 20.8. The number of para-hydroxylation sites is 1. The predicted molar refractivity (Wildman–Crippen MR) is 119 cm³/mol. The number of ether oxygens (including phenoxy) is 1. The van der Waals surface area contributed by atoms with Gasteiger partial charge in [-0.1, -0.05) is 55.8 Å². The van der Waals surface area contributed by atoms with Crippen molar-refractivity contribution in [3.8, 4) is 5.75 Å². The molecule has 26 heavy (non-hydrogen) atoms. The van der Waals surface area contributed by atoms with E-state index < -0.39 is 0 Å². The molecule has 1 unspecified atom stereocenters. The molecule has 0 aromatic heterocycles. The number of guanidine groups is 1. The van der Waals surface area contributed by atoms with Gasteiger partial charge in [-0.3, -0.25) is 4.99 Å². The minimum Gasteiger partial charge on any atom is -0.493 e. The number of benzene rings is 2. The van der Waals surface area contributed by atoms with E-state index >= 15 is 0 Å². The van der Waals surface area contributed by atoms with Crippen LogP contribution in [0.5, 0.6) is 5.75 Å². The Kier molecular flexibility index (Phi) is 7.17. The highest BCUT2D eigenvalue weighted by atomic mass is 127. The van der Waals surface area contributed by atoms with E-state index in [4.69, 9.17) is 22.1 Å². The van der Waals surface area contributed by atoms with Gasteiger partial charge in [-0.15, -0.1) is 24.0 Å². The highest BCUT2D eigenvalue weighted by Crippen LogP contribution is 2.31. The SMILES string of the molecule is CC(C)(CN=C(N)NC1CCOc2ccccc21)c1ccc(Cl)cc1.I. The summed E-state index contributed by atoms with van der Waals surface area (Å²) in [5.74, 6) is 1.38. The van der Waals surface area contributed by atoms with Gasteiger partial charge >= 0.3 is 0 Å². The minimum atomic E-state index is -0.121. The molecule has 140 valence electrons. The van der Waals surface area contributed by atoms with Crippen LogP contribution in [0.15, 0.2) is 53.5 Å². The molecule has 0 fully saturated rings. The predicted octanol–water partition coefficient (Wildman–Crippen LogP) is 4.66. The Hall–Kier alpha value is -1.47. The number of rotatable bonds is 4. The zero-order chi connectivity index (χ0) is 17.9. The Bertz CT molecular complexity index is 762. The second-order valence-electron chi connectivity index (χ2n) is 6.96. The van der Waals surface area contributed by atoms with Crippen molar-refractivity contribution in [2.45, 2.75) is 31.7 Å². The molecular weight excluding hydrogens is 461 g/mol. The fourth-order valence-electron chi connectivity index (χ4n) is 2.99. The normalized spacial score (nSPS) is 16.9. The Balaban J connectivity index is 0.00000243. The summed E-state index contributed by atoms with van der Waals surface area (Å²) in [4.78, 5) is 4.57. The number of hydrogen-bond donors (Lipinski definition) is 2. The highest BCUT2D eigenvalue weighted by molar-refractivity contribution is 14.0. The van der Waals surface area contributed by atoms with Gasteiger partial charge in [-0.25, -0.2) is 0 Å². The number of fused-ring (bicyclic) bond motifs is 1. The van der Waals surface area contributed by atoms with E-state index in [1.54, 1.807) is 0 Å². The van der Waals surface area contributed by atoms with Crippen LogP contribution in [-0.4, -0.2) is 19.1 Å². The summed E-state index contributed by atoms with van der Waals surface area (Å²) in [6, 6.07) is 16.1. The van der Waals surface area contributed by atoms with E-state index in [9.17, 15) is 0 Å².